The van der Waals surface area contributed by atoms with Crippen molar-refractivity contribution in [1.82, 2.24) is 5.32 Å². The number of nitrogens with one attached hydrogen (secondary N) is 1. The number of ketones is 1. The molecule has 1 unspecified atom stereocenters. The van der Waals surface area contributed by atoms with Gasteiger partial charge in [-0.05, 0) is 19.3 Å². The van der Waals surface area contributed by atoms with Crippen molar-refractivity contribution in [1.29, 1.82) is 0 Å². The number of carbonyl (C=O) groups is 2. The first kappa shape index (κ1) is 18.4. The summed E-state index contributed by atoms with van der Waals surface area (Å²) in [7, 11) is 0. The molecule has 1 amide bonds. The van der Waals surface area contributed by atoms with Crippen LogP contribution in [0.25, 0.3) is 0 Å². The second-order valence-corrected chi connectivity index (χ2v) is 6.01. The number of hydrogen-bond donors (Lipinski definition) is 1. The third-order valence-corrected chi connectivity index (χ3v) is 4.08. The lowest BCUT2D eigenvalue weighted by Gasteiger charge is -2.15. The highest BCUT2D eigenvalue weighted by Gasteiger charge is 2.11. The summed E-state index contributed by atoms with van der Waals surface area (Å²) in [5.74, 6) is 0.570. The molecule has 1 rings (SSSR count). The maximum Gasteiger partial charge on any atom is 0.220 e. The zero-order chi connectivity index (χ0) is 16.4. The minimum Gasteiger partial charge on any atom is -0.356 e. The van der Waals surface area contributed by atoms with Crippen LogP contribution in [-0.2, 0) is 4.79 Å². The van der Waals surface area contributed by atoms with E-state index in [0.29, 0.717) is 11.5 Å². The molecule has 1 aromatic rings. The molecule has 0 radical (unpaired) electrons. The molecule has 0 aromatic heterocycles. The second-order valence-electron chi connectivity index (χ2n) is 6.01. The van der Waals surface area contributed by atoms with Gasteiger partial charge in [0.25, 0.3) is 0 Å². The van der Waals surface area contributed by atoms with Crippen LogP contribution in [0, 0.1) is 12.8 Å². The van der Waals surface area contributed by atoms with Crippen LogP contribution in [0.15, 0.2) is 24.3 Å². The van der Waals surface area contributed by atoms with Gasteiger partial charge in [0.05, 0.1) is 0 Å². The summed E-state index contributed by atoms with van der Waals surface area (Å²) in [6.07, 6.45) is 5.20. The fraction of sp³-hybridized carbons (Fsp3) is 0.579. The lowest BCUT2D eigenvalue weighted by atomic mass is 9.99. The number of Topliss-reactive ketones (excluding diaryl/α,β-unsaturated/α-hetero) is 1. The molecule has 1 aromatic carbocycles. The third kappa shape index (κ3) is 6.88. The average Bonchev–Trinajstić information content (AvgIpc) is 2.53. The van der Waals surface area contributed by atoms with Gasteiger partial charge in [-0.15, -0.1) is 0 Å². The van der Waals surface area contributed by atoms with Crippen molar-refractivity contribution in [2.24, 2.45) is 5.92 Å². The van der Waals surface area contributed by atoms with Gasteiger partial charge in [-0.3, -0.25) is 9.59 Å². The molecule has 0 saturated heterocycles. The van der Waals surface area contributed by atoms with Gasteiger partial charge in [0.2, 0.25) is 5.91 Å². The monoisotopic (exact) mass is 303 g/mol. The summed E-state index contributed by atoms with van der Waals surface area (Å²) in [6, 6.07) is 7.50. The van der Waals surface area contributed by atoms with Crippen LogP contribution in [0.5, 0.6) is 0 Å². The van der Waals surface area contributed by atoms with Gasteiger partial charge in [-0.2, -0.15) is 0 Å². The van der Waals surface area contributed by atoms with Crippen LogP contribution in [0.2, 0.25) is 0 Å². The van der Waals surface area contributed by atoms with Crippen LogP contribution in [0.3, 0.4) is 0 Å². The van der Waals surface area contributed by atoms with Crippen molar-refractivity contribution in [3.05, 3.63) is 35.4 Å². The van der Waals surface area contributed by atoms with E-state index in [4.69, 9.17) is 0 Å². The van der Waals surface area contributed by atoms with Crippen LogP contribution < -0.4 is 5.32 Å². The molecule has 0 aliphatic carbocycles. The van der Waals surface area contributed by atoms with Gasteiger partial charge in [-0.1, -0.05) is 62.9 Å². The summed E-state index contributed by atoms with van der Waals surface area (Å²) in [5, 5.41) is 2.97. The molecule has 3 heteroatoms. The van der Waals surface area contributed by atoms with Gasteiger partial charge in [0.15, 0.2) is 5.78 Å². The fourth-order valence-corrected chi connectivity index (χ4v) is 2.40. The Morgan fingerprint density at radius 2 is 1.77 bits per heavy atom. The Hall–Kier alpha value is -1.64. The Bertz CT molecular complexity index is 465. The van der Waals surface area contributed by atoms with E-state index >= 15 is 0 Å². The summed E-state index contributed by atoms with van der Waals surface area (Å²) >= 11 is 0. The predicted molar refractivity (Wildman–Crippen MR) is 91.1 cm³/mol. The highest BCUT2D eigenvalue weighted by molar-refractivity contribution is 5.97. The number of benzene rings is 1. The maximum atomic E-state index is 12.0. The van der Waals surface area contributed by atoms with Crippen LogP contribution in [0.1, 0.15) is 68.3 Å². The molecule has 0 spiro atoms. The maximum absolute atomic E-state index is 12.0. The molecule has 122 valence electrons. The van der Waals surface area contributed by atoms with E-state index < -0.39 is 0 Å². The number of amides is 1. The van der Waals surface area contributed by atoms with Crippen molar-refractivity contribution < 1.29 is 9.59 Å². The number of rotatable bonds is 10. The average molecular weight is 303 g/mol. The van der Waals surface area contributed by atoms with Crippen molar-refractivity contribution in [3.63, 3.8) is 0 Å². The second kappa shape index (κ2) is 10.1. The highest BCUT2D eigenvalue weighted by atomic mass is 16.2. The van der Waals surface area contributed by atoms with Crippen LogP contribution in [0.4, 0.5) is 0 Å². The first-order valence-electron chi connectivity index (χ1n) is 8.43. The van der Waals surface area contributed by atoms with E-state index in [-0.39, 0.29) is 24.5 Å². The summed E-state index contributed by atoms with van der Waals surface area (Å²) in [4.78, 5) is 23.9. The molecular weight excluding hydrogens is 274 g/mol. The molecule has 3 nitrogen and oxygen atoms in total. The van der Waals surface area contributed by atoms with Crippen LogP contribution in [-0.4, -0.2) is 18.2 Å². The van der Waals surface area contributed by atoms with Gasteiger partial charge in [0, 0.05) is 24.9 Å². The Morgan fingerprint density at radius 3 is 2.36 bits per heavy atom. The zero-order valence-corrected chi connectivity index (χ0v) is 14.2. The van der Waals surface area contributed by atoms with E-state index in [9.17, 15) is 9.59 Å². The van der Waals surface area contributed by atoms with Crippen molar-refractivity contribution in [2.75, 3.05) is 6.54 Å². The SMILES string of the molecule is CCCCC(CC)CNC(=O)CCC(=O)c1ccc(C)cc1. The van der Waals surface area contributed by atoms with Crippen molar-refractivity contribution >= 4 is 11.7 Å². The van der Waals surface area contributed by atoms with E-state index in [0.717, 1.165) is 24.9 Å². The van der Waals surface area contributed by atoms with E-state index in [1.165, 1.54) is 12.8 Å². The first-order valence-corrected chi connectivity index (χ1v) is 8.43. The molecule has 0 saturated carbocycles. The molecule has 1 atom stereocenters. The Balaban J connectivity index is 2.30. The molecular formula is C19H29NO2. The van der Waals surface area contributed by atoms with Crippen molar-refractivity contribution in [2.45, 2.75) is 59.3 Å². The van der Waals surface area contributed by atoms with Gasteiger partial charge >= 0.3 is 0 Å². The minimum absolute atomic E-state index is 0.0181. The molecule has 1 N–H and O–H groups in total. The lowest BCUT2D eigenvalue weighted by Crippen LogP contribution is -2.29. The molecule has 0 heterocycles. The largest absolute Gasteiger partial charge is 0.356 e. The normalized spacial score (nSPS) is 12.0. The van der Waals surface area contributed by atoms with Gasteiger partial charge in [0.1, 0.15) is 0 Å². The number of carbonyl (C=O) groups excluding carboxylic acids is 2. The quantitative estimate of drug-likeness (QED) is 0.655. The highest BCUT2D eigenvalue weighted by Crippen LogP contribution is 2.11. The Kier molecular flexibility index (Phi) is 8.49. The molecule has 0 fully saturated rings. The Labute approximate surface area is 134 Å². The van der Waals surface area contributed by atoms with Crippen molar-refractivity contribution in [3.8, 4) is 0 Å². The van der Waals surface area contributed by atoms with Crippen LogP contribution >= 0.6 is 0 Å². The zero-order valence-electron chi connectivity index (χ0n) is 14.2. The summed E-state index contributed by atoms with van der Waals surface area (Å²) < 4.78 is 0. The first-order chi connectivity index (χ1) is 10.6. The third-order valence-electron chi connectivity index (χ3n) is 4.08. The number of hydrogen-bond acceptors (Lipinski definition) is 2. The fourth-order valence-electron chi connectivity index (χ4n) is 2.40. The van der Waals surface area contributed by atoms with E-state index in [1.807, 2.05) is 31.2 Å². The topological polar surface area (TPSA) is 46.2 Å². The summed E-state index contributed by atoms with van der Waals surface area (Å²) in [6.45, 7) is 7.06. The summed E-state index contributed by atoms with van der Waals surface area (Å²) in [5.41, 5.74) is 1.82. The van der Waals surface area contributed by atoms with E-state index in [2.05, 4.69) is 19.2 Å². The van der Waals surface area contributed by atoms with Gasteiger partial charge in [-0.25, -0.2) is 0 Å². The smallest absolute Gasteiger partial charge is 0.220 e. The van der Waals surface area contributed by atoms with E-state index in [1.54, 1.807) is 0 Å². The molecule has 0 bridgehead atoms. The number of aryl methyl sites for hydroxylation is 1. The van der Waals surface area contributed by atoms with Gasteiger partial charge < -0.3 is 5.32 Å². The number of unbranched alkanes of at least 4 members (excludes halogenated alkanes) is 1. The molecule has 22 heavy (non-hydrogen) atoms. The minimum atomic E-state index is -0.0181. The predicted octanol–water partition coefficient (Wildman–Crippen LogP) is 4.29. The molecule has 0 aliphatic heterocycles. The Morgan fingerprint density at radius 1 is 1.09 bits per heavy atom. The standard InChI is InChI=1S/C19H29NO2/c1-4-6-7-16(5-2)14-20-19(22)13-12-18(21)17-10-8-15(3)9-11-17/h8-11,16H,4-7,12-14H2,1-3H3,(H,20,22). The molecule has 0 aliphatic rings. The lowest BCUT2D eigenvalue weighted by molar-refractivity contribution is -0.121.